The normalized spacial score (nSPS) is 25.4. The van der Waals surface area contributed by atoms with Crippen molar-refractivity contribution in [2.45, 2.75) is 32.2 Å². The molecular formula is C14H20FNO3. The molecule has 1 heterocycles. The molecule has 2 rings (SSSR count). The summed E-state index contributed by atoms with van der Waals surface area (Å²) in [7, 11) is 0. The van der Waals surface area contributed by atoms with E-state index in [0.717, 1.165) is 0 Å². The first-order chi connectivity index (χ1) is 9.01. The van der Waals surface area contributed by atoms with Crippen LogP contribution in [-0.4, -0.2) is 42.1 Å². The largest absolute Gasteiger partial charge is 0.394 e. The number of anilines is 1. The SMILES string of the molecule is CC1CN(c2ccc([C@@H](C)O)cc2F)CC(CO)O1. The molecule has 0 spiro atoms. The van der Waals surface area contributed by atoms with Gasteiger partial charge in [-0.15, -0.1) is 0 Å². The molecule has 2 N–H and O–H groups in total. The fraction of sp³-hybridized carbons (Fsp3) is 0.571. The quantitative estimate of drug-likeness (QED) is 0.872. The van der Waals surface area contributed by atoms with E-state index in [1.165, 1.54) is 6.07 Å². The zero-order valence-electron chi connectivity index (χ0n) is 11.2. The van der Waals surface area contributed by atoms with Crippen LogP contribution >= 0.6 is 0 Å². The number of aliphatic hydroxyl groups is 2. The Kier molecular flexibility index (Phi) is 4.39. The van der Waals surface area contributed by atoms with Crippen LogP contribution in [0.2, 0.25) is 0 Å². The number of nitrogens with zero attached hydrogens (tertiary/aromatic N) is 1. The van der Waals surface area contributed by atoms with E-state index >= 15 is 0 Å². The molecule has 0 aromatic heterocycles. The molecule has 1 fully saturated rings. The van der Waals surface area contributed by atoms with Gasteiger partial charge in [0, 0.05) is 13.1 Å². The van der Waals surface area contributed by atoms with Gasteiger partial charge in [-0.05, 0) is 31.5 Å². The molecule has 1 saturated heterocycles. The Balaban J connectivity index is 2.21. The fourth-order valence-electron chi connectivity index (χ4n) is 2.38. The topological polar surface area (TPSA) is 52.9 Å². The number of halogens is 1. The molecule has 3 atom stereocenters. The van der Waals surface area contributed by atoms with Crippen molar-refractivity contribution in [1.82, 2.24) is 0 Å². The molecule has 0 amide bonds. The Morgan fingerprint density at radius 1 is 1.47 bits per heavy atom. The number of benzene rings is 1. The molecule has 0 aliphatic carbocycles. The van der Waals surface area contributed by atoms with Crippen LogP contribution < -0.4 is 4.90 Å². The molecule has 1 aliphatic rings. The average Bonchev–Trinajstić information content (AvgIpc) is 2.37. The third-order valence-electron chi connectivity index (χ3n) is 3.32. The number of hydrogen-bond acceptors (Lipinski definition) is 4. The van der Waals surface area contributed by atoms with E-state index in [9.17, 15) is 14.6 Å². The Labute approximate surface area is 112 Å². The van der Waals surface area contributed by atoms with Crippen molar-refractivity contribution in [3.63, 3.8) is 0 Å². The second-order valence-corrected chi connectivity index (χ2v) is 5.04. The van der Waals surface area contributed by atoms with E-state index in [1.54, 1.807) is 19.1 Å². The van der Waals surface area contributed by atoms with Gasteiger partial charge in [0.15, 0.2) is 0 Å². The van der Waals surface area contributed by atoms with Crippen LogP contribution in [0.1, 0.15) is 25.5 Å². The van der Waals surface area contributed by atoms with Crippen LogP contribution in [0.4, 0.5) is 10.1 Å². The van der Waals surface area contributed by atoms with E-state index in [0.29, 0.717) is 24.3 Å². The van der Waals surface area contributed by atoms with Crippen LogP contribution in [0.15, 0.2) is 18.2 Å². The zero-order valence-corrected chi connectivity index (χ0v) is 11.2. The zero-order chi connectivity index (χ0) is 14.0. The van der Waals surface area contributed by atoms with Gasteiger partial charge >= 0.3 is 0 Å². The molecule has 19 heavy (non-hydrogen) atoms. The summed E-state index contributed by atoms with van der Waals surface area (Å²) in [6.07, 6.45) is -1.03. The van der Waals surface area contributed by atoms with E-state index in [4.69, 9.17) is 4.74 Å². The molecule has 4 nitrogen and oxygen atoms in total. The standard InChI is InChI=1S/C14H20FNO3/c1-9-6-16(7-12(8-17)19-9)14-4-3-11(10(2)18)5-13(14)15/h3-5,9-10,12,17-18H,6-8H2,1-2H3/t9?,10-,12?/m1/s1. The number of ether oxygens (including phenoxy) is 1. The third kappa shape index (κ3) is 3.23. The van der Waals surface area contributed by atoms with E-state index < -0.39 is 6.10 Å². The lowest BCUT2D eigenvalue weighted by Crippen LogP contribution is -2.48. The second-order valence-electron chi connectivity index (χ2n) is 5.04. The Hall–Kier alpha value is -1.17. The smallest absolute Gasteiger partial charge is 0.146 e. The Morgan fingerprint density at radius 2 is 2.21 bits per heavy atom. The summed E-state index contributed by atoms with van der Waals surface area (Å²) in [5, 5.41) is 18.6. The minimum absolute atomic E-state index is 0.0539. The van der Waals surface area contributed by atoms with Gasteiger partial charge in [-0.3, -0.25) is 0 Å². The summed E-state index contributed by atoms with van der Waals surface area (Å²) in [5.74, 6) is -0.357. The predicted molar refractivity (Wildman–Crippen MR) is 70.7 cm³/mol. The molecule has 5 heteroatoms. The second kappa shape index (κ2) is 5.86. The summed E-state index contributed by atoms with van der Waals surface area (Å²) in [5.41, 5.74) is 1.04. The fourth-order valence-corrected chi connectivity index (χ4v) is 2.38. The first-order valence-corrected chi connectivity index (χ1v) is 6.50. The minimum Gasteiger partial charge on any atom is -0.394 e. The lowest BCUT2D eigenvalue weighted by atomic mass is 10.1. The van der Waals surface area contributed by atoms with Crippen LogP contribution in [-0.2, 0) is 4.74 Å². The van der Waals surface area contributed by atoms with Crippen molar-refractivity contribution in [1.29, 1.82) is 0 Å². The van der Waals surface area contributed by atoms with Crippen LogP contribution in [0, 0.1) is 5.82 Å². The van der Waals surface area contributed by atoms with Crippen molar-refractivity contribution in [3.05, 3.63) is 29.6 Å². The maximum Gasteiger partial charge on any atom is 0.146 e. The van der Waals surface area contributed by atoms with Gasteiger partial charge in [0.1, 0.15) is 5.82 Å². The monoisotopic (exact) mass is 269 g/mol. The first kappa shape index (κ1) is 14.2. The van der Waals surface area contributed by atoms with Crippen molar-refractivity contribution in [2.24, 2.45) is 0 Å². The molecule has 1 aliphatic heterocycles. The highest BCUT2D eigenvalue weighted by Crippen LogP contribution is 2.26. The maximum absolute atomic E-state index is 14.1. The van der Waals surface area contributed by atoms with E-state index in [1.807, 2.05) is 11.8 Å². The van der Waals surface area contributed by atoms with E-state index in [2.05, 4.69) is 0 Å². The first-order valence-electron chi connectivity index (χ1n) is 6.50. The summed E-state index contributed by atoms with van der Waals surface area (Å²) >= 11 is 0. The van der Waals surface area contributed by atoms with Gasteiger partial charge in [0.25, 0.3) is 0 Å². The molecule has 1 aromatic rings. The predicted octanol–water partition coefficient (Wildman–Crippen LogP) is 1.46. The molecule has 0 bridgehead atoms. The van der Waals surface area contributed by atoms with Crippen molar-refractivity contribution in [2.75, 3.05) is 24.6 Å². The van der Waals surface area contributed by atoms with Gasteiger partial charge in [-0.1, -0.05) is 6.07 Å². The Bertz CT molecular complexity index is 439. The van der Waals surface area contributed by atoms with Gasteiger partial charge in [-0.25, -0.2) is 4.39 Å². The summed E-state index contributed by atoms with van der Waals surface area (Å²) in [4.78, 5) is 1.87. The van der Waals surface area contributed by atoms with Gasteiger partial charge in [0.2, 0.25) is 0 Å². The van der Waals surface area contributed by atoms with Crippen molar-refractivity contribution >= 4 is 5.69 Å². The number of aliphatic hydroxyl groups excluding tert-OH is 2. The van der Waals surface area contributed by atoms with Crippen molar-refractivity contribution < 1.29 is 19.3 Å². The molecule has 106 valence electrons. The lowest BCUT2D eigenvalue weighted by Gasteiger charge is -2.37. The van der Waals surface area contributed by atoms with Crippen LogP contribution in [0.3, 0.4) is 0 Å². The van der Waals surface area contributed by atoms with E-state index in [-0.39, 0.29) is 24.6 Å². The number of rotatable bonds is 3. The summed E-state index contributed by atoms with van der Waals surface area (Å²) in [6, 6.07) is 4.75. The van der Waals surface area contributed by atoms with Crippen LogP contribution in [0.5, 0.6) is 0 Å². The number of morpholine rings is 1. The molecule has 1 aromatic carbocycles. The molecule has 0 saturated carbocycles. The van der Waals surface area contributed by atoms with Crippen LogP contribution in [0.25, 0.3) is 0 Å². The Morgan fingerprint density at radius 3 is 2.79 bits per heavy atom. The molecule has 0 radical (unpaired) electrons. The summed E-state index contributed by atoms with van der Waals surface area (Å²) in [6.45, 7) is 4.48. The molecular weight excluding hydrogens is 249 g/mol. The van der Waals surface area contributed by atoms with Gasteiger partial charge in [0.05, 0.1) is 30.6 Å². The summed E-state index contributed by atoms with van der Waals surface area (Å²) < 4.78 is 19.6. The van der Waals surface area contributed by atoms with Crippen molar-refractivity contribution in [3.8, 4) is 0 Å². The lowest BCUT2D eigenvalue weighted by molar-refractivity contribution is -0.0422. The number of hydrogen-bond donors (Lipinski definition) is 2. The highest BCUT2D eigenvalue weighted by molar-refractivity contribution is 5.50. The third-order valence-corrected chi connectivity index (χ3v) is 3.32. The maximum atomic E-state index is 14.1. The van der Waals surface area contributed by atoms with Gasteiger partial charge < -0.3 is 19.8 Å². The highest BCUT2D eigenvalue weighted by atomic mass is 19.1. The highest BCUT2D eigenvalue weighted by Gasteiger charge is 2.26. The van der Waals surface area contributed by atoms with Gasteiger partial charge in [-0.2, -0.15) is 0 Å². The average molecular weight is 269 g/mol. The molecule has 2 unspecified atom stereocenters. The minimum atomic E-state index is -0.683.